The number of nitrogens with zero attached hydrogens (tertiary/aromatic N) is 2. The molecular formula is C33H38F2N2STi. The maximum absolute atomic E-state index is 13.5. The van der Waals surface area contributed by atoms with Crippen molar-refractivity contribution in [1.29, 1.82) is 0 Å². The molecule has 0 unspecified atom stereocenters. The van der Waals surface area contributed by atoms with Crippen LogP contribution in [0.15, 0.2) is 54.6 Å². The van der Waals surface area contributed by atoms with E-state index in [1.54, 1.807) is 4.90 Å². The first-order chi connectivity index (χ1) is 17.0. The van der Waals surface area contributed by atoms with E-state index in [2.05, 4.69) is 57.2 Å². The summed E-state index contributed by atoms with van der Waals surface area (Å²) in [4.78, 5) is 1.57. The van der Waals surface area contributed by atoms with Crippen molar-refractivity contribution >= 4 is 48.1 Å². The summed E-state index contributed by atoms with van der Waals surface area (Å²) in [6, 6.07) is 16.8. The Morgan fingerprint density at radius 2 is 1.38 bits per heavy atom. The average molecular weight is 581 g/mol. The van der Waals surface area contributed by atoms with Gasteiger partial charge >= 0.3 is 21.7 Å². The topological polar surface area (TPSA) is 25.5 Å². The van der Waals surface area contributed by atoms with Crippen molar-refractivity contribution in [3.63, 3.8) is 0 Å². The van der Waals surface area contributed by atoms with Crippen LogP contribution >= 0.6 is 11.3 Å². The van der Waals surface area contributed by atoms with E-state index in [9.17, 15) is 14.2 Å². The molecule has 204 valence electrons. The summed E-state index contributed by atoms with van der Waals surface area (Å²) in [6.45, 7) is 14.2. The number of rotatable bonds is 3. The third-order valence-electron chi connectivity index (χ3n) is 6.99. The number of benzene rings is 3. The zero-order chi connectivity index (χ0) is 26.3. The second kappa shape index (κ2) is 13.7. The predicted octanol–water partition coefficient (Wildman–Crippen LogP) is 10.1. The van der Waals surface area contributed by atoms with Gasteiger partial charge in [0.15, 0.2) is 0 Å². The Bertz CT molecular complexity index is 1550. The first kappa shape index (κ1) is 34.6. The van der Waals surface area contributed by atoms with Crippen molar-refractivity contribution in [2.75, 3.05) is 0 Å². The van der Waals surface area contributed by atoms with E-state index < -0.39 is 11.6 Å². The Hall–Kier alpha value is -2.47. The smallest absolute Gasteiger partial charge is 0.464 e. The normalized spacial score (nSPS) is 10.6. The van der Waals surface area contributed by atoms with Crippen LogP contribution in [0.4, 0.5) is 8.78 Å². The summed E-state index contributed by atoms with van der Waals surface area (Å²) in [6.07, 6.45) is 0. The van der Waals surface area contributed by atoms with Gasteiger partial charge in [0.2, 0.25) is 0 Å². The maximum atomic E-state index is 13.5. The molecule has 0 aliphatic rings. The van der Waals surface area contributed by atoms with Gasteiger partial charge in [-0.1, -0.05) is 84.6 Å². The molecule has 5 aromatic rings. The molecule has 0 saturated heterocycles. The number of hydrogen-bond donors (Lipinski definition) is 0. The van der Waals surface area contributed by atoms with Crippen LogP contribution in [0.25, 0.3) is 36.4 Å². The van der Waals surface area contributed by atoms with Crippen LogP contribution in [-0.2, 0) is 21.7 Å². The van der Waals surface area contributed by atoms with Gasteiger partial charge < -0.3 is 25.2 Å². The summed E-state index contributed by atoms with van der Waals surface area (Å²) in [5.41, 5.74) is 3.96. The molecule has 39 heavy (non-hydrogen) atoms. The van der Waals surface area contributed by atoms with E-state index in [0.29, 0.717) is 0 Å². The molecule has 0 spiro atoms. The fourth-order valence-corrected chi connectivity index (χ4v) is 6.23. The monoisotopic (exact) mass is 580 g/mol. The Labute approximate surface area is 251 Å². The number of aryl methyl sites for hydroxylation is 2. The first-order valence-corrected chi connectivity index (χ1v) is 13.1. The van der Waals surface area contributed by atoms with Gasteiger partial charge in [-0.2, -0.15) is 5.56 Å². The molecule has 0 amide bonds. The van der Waals surface area contributed by atoms with E-state index in [1.165, 1.54) is 53.7 Å². The van der Waals surface area contributed by atoms with Crippen molar-refractivity contribution in [1.82, 2.24) is 4.90 Å². The van der Waals surface area contributed by atoms with Crippen LogP contribution in [0, 0.1) is 47.3 Å². The molecule has 0 fully saturated rings. The molecule has 0 aliphatic carbocycles. The number of amidine groups is 1. The van der Waals surface area contributed by atoms with E-state index >= 15 is 0 Å². The van der Waals surface area contributed by atoms with E-state index in [-0.39, 0.29) is 60.1 Å². The molecule has 0 saturated carbocycles. The fraction of sp³-hybridized carbons (Fsp3) is 0.273. The van der Waals surface area contributed by atoms with Crippen molar-refractivity contribution < 1.29 is 30.5 Å². The van der Waals surface area contributed by atoms with Gasteiger partial charge in [0.25, 0.3) is 0 Å². The standard InChI is InChI=1S/C18H15S.C13H17F2N2.2CH3.Ti/c1-10-11(2)13-8-9-16-18(17(13)12(10)3)14-6-4-5-7-15(14)19-16;1-8(2)17(9(3)4)13(16)12-10(14)6-5-7-11(12)15;;;/h4-9H,1-3H3;5-9H,1-4H3;2*1H3;/q4*-1;+4. The molecule has 0 radical (unpaired) electrons. The van der Waals surface area contributed by atoms with E-state index in [1.807, 2.05) is 39.0 Å². The predicted molar refractivity (Wildman–Crippen MR) is 165 cm³/mol. The number of halogens is 2. The average Bonchev–Trinajstić information content (AvgIpc) is 3.30. The zero-order valence-electron chi connectivity index (χ0n) is 24.4. The SMILES string of the molecule is CC(C)N(C(=[N-])c1c(F)cccc1F)C(C)C.Cc1c(C)[c-](C)c2ccc3sc4ccccc4c3c12.[CH3-].[CH3-].[Ti+4]. The molecule has 1 aromatic heterocycles. The molecule has 2 nitrogen and oxygen atoms in total. The van der Waals surface area contributed by atoms with Gasteiger partial charge in [0.1, 0.15) is 11.6 Å². The summed E-state index contributed by atoms with van der Waals surface area (Å²) < 4.78 is 29.9. The Morgan fingerprint density at radius 3 is 1.95 bits per heavy atom. The minimum atomic E-state index is -0.756. The Balaban J connectivity index is 0.000000365. The van der Waals surface area contributed by atoms with Crippen LogP contribution in [-0.4, -0.2) is 22.8 Å². The fourth-order valence-electron chi connectivity index (χ4n) is 5.12. The van der Waals surface area contributed by atoms with E-state index in [0.717, 1.165) is 12.1 Å². The van der Waals surface area contributed by atoms with Crippen LogP contribution < -0.4 is 0 Å². The molecule has 6 heteroatoms. The summed E-state index contributed by atoms with van der Waals surface area (Å²) in [5.74, 6) is -1.87. The van der Waals surface area contributed by atoms with Crippen molar-refractivity contribution in [2.24, 2.45) is 0 Å². The van der Waals surface area contributed by atoms with Gasteiger partial charge in [-0.05, 0) is 41.1 Å². The zero-order valence-corrected chi connectivity index (χ0v) is 26.8. The minimum Gasteiger partial charge on any atom is -0.464 e. The van der Waals surface area contributed by atoms with Gasteiger partial charge in [-0.15, -0.1) is 39.3 Å². The summed E-state index contributed by atoms with van der Waals surface area (Å²) in [5, 5.41) is 15.8. The molecular weight excluding hydrogens is 542 g/mol. The Morgan fingerprint density at radius 1 is 0.821 bits per heavy atom. The second-order valence-corrected chi connectivity index (χ2v) is 10.9. The first-order valence-electron chi connectivity index (χ1n) is 12.3. The molecule has 0 bridgehead atoms. The van der Waals surface area contributed by atoms with Gasteiger partial charge in [-0.3, -0.25) is 0 Å². The number of thiophene rings is 1. The third kappa shape index (κ3) is 6.32. The van der Waals surface area contributed by atoms with Gasteiger partial charge in [0, 0.05) is 15.0 Å². The number of hydrogen-bond acceptors (Lipinski definition) is 1. The van der Waals surface area contributed by atoms with Crippen LogP contribution in [0.1, 0.15) is 49.9 Å². The molecule has 4 aromatic carbocycles. The second-order valence-electron chi connectivity index (χ2n) is 9.85. The van der Waals surface area contributed by atoms with Gasteiger partial charge in [-0.25, -0.2) is 8.78 Å². The molecule has 5 rings (SSSR count). The van der Waals surface area contributed by atoms with Crippen molar-refractivity contribution in [3.05, 3.63) is 109 Å². The summed E-state index contributed by atoms with van der Waals surface area (Å²) >= 11 is 1.90. The number of fused-ring (bicyclic) bond motifs is 5. The van der Waals surface area contributed by atoms with E-state index in [4.69, 9.17) is 0 Å². The Kier molecular flexibility index (Phi) is 12.2. The summed E-state index contributed by atoms with van der Waals surface area (Å²) in [7, 11) is 0. The molecule has 0 N–H and O–H groups in total. The minimum absolute atomic E-state index is 0. The molecule has 0 atom stereocenters. The van der Waals surface area contributed by atoms with Crippen LogP contribution in [0.3, 0.4) is 0 Å². The quantitative estimate of drug-likeness (QED) is 0.0902. The van der Waals surface area contributed by atoms with Crippen molar-refractivity contribution in [3.8, 4) is 0 Å². The van der Waals surface area contributed by atoms with Crippen LogP contribution in [0.2, 0.25) is 0 Å². The van der Waals surface area contributed by atoms with Crippen LogP contribution in [0.5, 0.6) is 0 Å². The maximum Gasteiger partial charge on any atom is 4.00 e. The molecule has 1 heterocycles. The van der Waals surface area contributed by atoms with Crippen molar-refractivity contribution in [2.45, 2.75) is 60.5 Å². The molecule has 0 aliphatic heterocycles. The third-order valence-corrected chi connectivity index (χ3v) is 8.13. The largest absolute Gasteiger partial charge is 4.00 e. The van der Waals surface area contributed by atoms with Gasteiger partial charge in [0.05, 0.1) is 0 Å².